The number of aryl methyl sites for hydroxylation is 1. The van der Waals surface area contributed by atoms with Gasteiger partial charge in [-0.3, -0.25) is 0 Å². The fourth-order valence-electron chi connectivity index (χ4n) is 2.11. The Morgan fingerprint density at radius 1 is 1.14 bits per heavy atom. The average molecular weight is 287 g/mol. The third-order valence-corrected chi connectivity index (χ3v) is 3.25. The van der Waals surface area contributed by atoms with Crippen molar-refractivity contribution < 1.29 is 13.9 Å². The Hall–Kier alpha value is -2.36. The van der Waals surface area contributed by atoms with E-state index in [1.165, 1.54) is 13.2 Å². The highest BCUT2D eigenvalue weighted by atomic mass is 19.1. The normalized spacial score (nSPS) is 11.7. The lowest BCUT2D eigenvalue weighted by Gasteiger charge is -2.18. The minimum Gasteiger partial charge on any atom is -0.467 e. The van der Waals surface area contributed by atoms with Crippen molar-refractivity contribution in [2.24, 2.45) is 0 Å². The molecular formula is C17H18FNO2. The van der Waals surface area contributed by atoms with Crippen molar-refractivity contribution in [3.63, 3.8) is 0 Å². The number of hydrogen-bond donors (Lipinski definition) is 1. The second-order valence-electron chi connectivity index (χ2n) is 4.72. The van der Waals surface area contributed by atoms with E-state index in [1.807, 2.05) is 30.3 Å². The minimum absolute atomic E-state index is 0.306. The van der Waals surface area contributed by atoms with Gasteiger partial charge in [0.05, 0.1) is 12.8 Å². The van der Waals surface area contributed by atoms with Crippen molar-refractivity contribution in [1.82, 2.24) is 0 Å². The van der Waals surface area contributed by atoms with E-state index in [4.69, 9.17) is 4.74 Å². The molecule has 3 nitrogen and oxygen atoms in total. The molecule has 1 atom stereocenters. The van der Waals surface area contributed by atoms with Crippen LogP contribution < -0.4 is 5.32 Å². The number of carbonyl (C=O) groups is 1. The zero-order valence-electron chi connectivity index (χ0n) is 11.9. The number of hydrogen-bond acceptors (Lipinski definition) is 3. The molecule has 0 saturated heterocycles. The van der Waals surface area contributed by atoms with E-state index in [0.29, 0.717) is 18.5 Å². The van der Waals surface area contributed by atoms with Crippen LogP contribution in [0.25, 0.3) is 0 Å². The molecule has 0 amide bonds. The molecular weight excluding hydrogens is 269 g/mol. The smallest absolute Gasteiger partial charge is 0.328 e. The van der Waals surface area contributed by atoms with Gasteiger partial charge in [-0.25, -0.2) is 9.18 Å². The first-order valence-electron chi connectivity index (χ1n) is 6.83. The molecule has 2 aromatic rings. The van der Waals surface area contributed by atoms with Gasteiger partial charge in [0.2, 0.25) is 0 Å². The van der Waals surface area contributed by atoms with Gasteiger partial charge in [-0.15, -0.1) is 0 Å². The third kappa shape index (κ3) is 4.31. The second-order valence-corrected chi connectivity index (χ2v) is 4.72. The second kappa shape index (κ2) is 7.43. The van der Waals surface area contributed by atoms with Crippen molar-refractivity contribution in [2.75, 3.05) is 12.4 Å². The standard InChI is InChI=1S/C17H18FNO2/c1-21-17(20)16(12-11-13-7-3-2-4-8-13)19-15-10-6-5-9-14(15)18/h2-10,16,19H,11-12H2,1H3. The summed E-state index contributed by atoms with van der Waals surface area (Å²) in [5.41, 5.74) is 1.43. The number of halogens is 1. The summed E-state index contributed by atoms with van der Waals surface area (Å²) in [5.74, 6) is -0.778. The number of methoxy groups -OCH3 is 1. The van der Waals surface area contributed by atoms with Crippen LogP contribution in [-0.4, -0.2) is 19.1 Å². The largest absolute Gasteiger partial charge is 0.467 e. The quantitative estimate of drug-likeness (QED) is 0.827. The molecule has 0 spiro atoms. The molecule has 4 heteroatoms. The highest BCUT2D eigenvalue weighted by Gasteiger charge is 2.19. The van der Waals surface area contributed by atoms with Crippen LogP contribution >= 0.6 is 0 Å². The van der Waals surface area contributed by atoms with Gasteiger partial charge in [0.1, 0.15) is 11.9 Å². The van der Waals surface area contributed by atoms with Gasteiger partial charge in [-0.1, -0.05) is 42.5 Å². The van der Waals surface area contributed by atoms with Crippen molar-refractivity contribution in [1.29, 1.82) is 0 Å². The number of ether oxygens (including phenoxy) is 1. The Balaban J connectivity index is 2.05. The maximum absolute atomic E-state index is 13.7. The molecule has 0 aliphatic rings. The van der Waals surface area contributed by atoms with E-state index in [1.54, 1.807) is 18.2 Å². The predicted molar refractivity (Wildman–Crippen MR) is 80.6 cm³/mol. The Labute approximate surface area is 123 Å². The van der Waals surface area contributed by atoms with E-state index in [0.717, 1.165) is 5.56 Å². The molecule has 0 bridgehead atoms. The number of rotatable bonds is 6. The van der Waals surface area contributed by atoms with Crippen LogP contribution in [0.5, 0.6) is 0 Å². The van der Waals surface area contributed by atoms with Crippen LogP contribution in [-0.2, 0) is 16.0 Å². The number of anilines is 1. The summed E-state index contributed by atoms with van der Waals surface area (Å²) in [6.45, 7) is 0. The number of esters is 1. The maximum Gasteiger partial charge on any atom is 0.328 e. The summed E-state index contributed by atoms with van der Waals surface area (Å²) in [6, 6.07) is 15.6. The van der Waals surface area contributed by atoms with Crippen molar-refractivity contribution in [3.8, 4) is 0 Å². The molecule has 1 unspecified atom stereocenters. The molecule has 21 heavy (non-hydrogen) atoms. The fourth-order valence-corrected chi connectivity index (χ4v) is 2.11. The van der Waals surface area contributed by atoms with Gasteiger partial charge in [0.15, 0.2) is 0 Å². The number of para-hydroxylation sites is 1. The molecule has 0 saturated carbocycles. The first-order chi connectivity index (χ1) is 10.2. The number of nitrogens with one attached hydrogen (secondary N) is 1. The van der Waals surface area contributed by atoms with Crippen LogP contribution in [0, 0.1) is 5.82 Å². The third-order valence-electron chi connectivity index (χ3n) is 3.25. The lowest BCUT2D eigenvalue weighted by Crippen LogP contribution is -2.31. The zero-order valence-corrected chi connectivity index (χ0v) is 11.9. The summed E-state index contributed by atoms with van der Waals surface area (Å²) in [7, 11) is 1.33. The maximum atomic E-state index is 13.7. The van der Waals surface area contributed by atoms with Gasteiger partial charge in [-0.05, 0) is 30.5 Å². The SMILES string of the molecule is COC(=O)C(CCc1ccccc1)Nc1ccccc1F. The molecule has 0 aliphatic heterocycles. The Bertz CT molecular complexity index is 586. The monoisotopic (exact) mass is 287 g/mol. The Morgan fingerprint density at radius 2 is 1.81 bits per heavy atom. The number of carbonyl (C=O) groups excluding carboxylic acids is 1. The van der Waals surface area contributed by atoms with Crippen molar-refractivity contribution >= 4 is 11.7 Å². The van der Waals surface area contributed by atoms with E-state index in [2.05, 4.69) is 5.32 Å². The highest BCUT2D eigenvalue weighted by molar-refractivity contribution is 5.79. The molecule has 0 aliphatic carbocycles. The summed E-state index contributed by atoms with van der Waals surface area (Å²) in [5, 5.41) is 2.92. The van der Waals surface area contributed by atoms with Crippen LogP contribution in [0.4, 0.5) is 10.1 Å². The Kier molecular flexibility index (Phi) is 5.32. The fraction of sp³-hybridized carbons (Fsp3) is 0.235. The van der Waals surface area contributed by atoms with Crippen LogP contribution in [0.15, 0.2) is 54.6 Å². The molecule has 0 aromatic heterocycles. The summed E-state index contributed by atoms with van der Waals surface area (Å²) >= 11 is 0. The summed E-state index contributed by atoms with van der Waals surface area (Å²) in [6.07, 6.45) is 1.24. The molecule has 0 heterocycles. The minimum atomic E-state index is -0.577. The zero-order chi connectivity index (χ0) is 15.1. The van der Waals surface area contributed by atoms with Gasteiger partial charge in [-0.2, -0.15) is 0 Å². The van der Waals surface area contributed by atoms with Crippen molar-refractivity contribution in [3.05, 3.63) is 66.0 Å². The highest BCUT2D eigenvalue weighted by Crippen LogP contribution is 2.16. The first-order valence-corrected chi connectivity index (χ1v) is 6.83. The Morgan fingerprint density at radius 3 is 2.48 bits per heavy atom. The van der Waals surface area contributed by atoms with Crippen LogP contribution in [0.1, 0.15) is 12.0 Å². The van der Waals surface area contributed by atoms with Gasteiger partial charge in [0, 0.05) is 0 Å². The average Bonchev–Trinajstić information content (AvgIpc) is 2.53. The van der Waals surface area contributed by atoms with Crippen LogP contribution in [0.2, 0.25) is 0 Å². The predicted octanol–water partition coefficient (Wildman–Crippen LogP) is 3.41. The lowest BCUT2D eigenvalue weighted by atomic mass is 10.0. The molecule has 2 aromatic carbocycles. The van der Waals surface area contributed by atoms with Crippen LogP contribution in [0.3, 0.4) is 0 Å². The topological polar surface area (TPSA) is 38.3 Å². The van der Waals surface area contributed by atoms with E-state index < -0.39 is 12.0 Å². The van der Waals surface area contributed by atoms with Gasteiger partial charge < -0.3 is 10.1 Å². The molecule has 0 radical (unpaired) electrons. The van der Waals surface area contributed by atoms with E-state index >= 15 is 0 Å². The van der Waals surface area contributed by atoms with E-state index in [9.17, 15) is 9.18 Å². The van der Waals surface area contributed by atoms with Gasteiger partial charge >= 0.3 is 5.97 Å². The van der Waals surface area contributed by atoms with E-state index in [-0.39, 0.29) is 5.82 Å². The molecule has 2 rings (SSSR count). The molecule has 110 valence electrons. The van der Waals surface area contributed by atoms with Crippen molar-refractivity contribution in [2.45, 2.75) is 18.9 Å². The summed E-state index contributed by atoms with van der Waals surface area (Å²) < 4.78 is 18.5. The summed E-state index contributed by atoms with van der Waals surface area (Å²) in [4.78, 5) is 11.8. The van der Waals surface area contributed by atoms with Gasteiger partial charge in [0.25, 0.3) is 0 Å². The molecule has 0 fully saturated rings. The first kappa shape index (κ1) is 15.0. The number of benzene rings is 2. The lowest BCUT2D eigenvalue weighted by molar-refractivity contribution is -0.141. The molecule has 1 N–H and O–H groups in total.